The summed E-state index contributed by atoms with van der Waals surface area (Å²) in [6.07, 6.45) is 2.80. The third-order valence-electron chi connectivity index (χ3n) is 3.19. The molecule has 0 saturated carbocycles. The molecule has 2 aromatic rings. The monoisotopic (exact) mass is 308 g/mol. The van der Waals surface area contributed by atoms with E-state index < -0.39 is 6.55 Å². The molecule has 118 valence electrons. The first-order chi connectivity index (χ1) is 10.6. The van der Waals surface area contributed by atoms with Gasteiger partial charge in [-0.1, -0.05) is 30.3 Å². The van der Waals surface area contributed by atoms with Crippen molar-refractivity contribution in [1.82, 2.24) is 19.8 Å². The van der Waals surface area contributed by atoms with Crippen molar-refractivity contribution in [3.8, 4) is 0 Å². The van der Waals surface area contributed by atoms with Crippen LogP contribution in [0.15, 0.2) is 42.7 Å². The van der Waals surface area contributed by atoms with Crippen LogP contribution in [0.4, 0.5) is 13.6 Å². The van der Waals surface area contributed by atoms with E-state index in [1.165, 1.54) is 17.3 Å². The summed E-state index contributed by atoms with van der Waals surface area (Å²) >= 11 is 0. The zero-order chi connectivity index (χ0) is 15.9. The number of nitrogens with one attached hydrogen (secondary N) is 1. The van der Waals surface area contributed by atoms with E-state index in [2.05, 4.69) is 10.3 Å². The maximum atomic E-state index is 12.6. The van der Waals surface area contributed by atoms with Crippen molar-refractivity contribution in [2.24, 2.45) is 0 Å². The van der Waals surface area contributed by atoms with Crippen molar-refractivity contribution in [3.63, 3.8) is 0 Å². The predicted molar refractivity (Wildman–Crippen MR) is 78.5 cm³/mol. The van der Waals surface area contributed by atoms with E-state index >= 15 is 0 Å². The number of hydrogen-bond acceptors (Lipinski definition) is 2. The van der Waals surface area contributed by atoms with Crippen molar-refractivity contribution < 1.29 is 13.6 Å². The molecule has 0 aliphatic heterocycles. The van der Waals surface area contributed by atoms with Gasteiger partial charge in [-0.2, -0.15) is 8.78 Å². The Bertz CT molecular complexity index is 601. The summed E-state index contributed by atoms with van der Waals surface area (Å²) in [5, 5.41) is 2.70. The fourth-order valence-corrected chi connectivity index (χ4v) is 2.06. The molecule has 0 unspecified atom stereocenters. The second-order valence-corrected chi connectivity index (χ2v) is 4.85. The molecule has 1 heterocycles. The number of imidazole rings is 1. The topological polar surface area (TPSA) is 50.2 Å². The van der Waals surface area contributed by atoms with E-state index in [0.717, 1.165) is 10.1 Å². The maximum Gasteiger partial charge on any atom is 0.319 e. The Labute approximate surface area is 127 Å². The number of rotatable bonds is 6. The minimum atomic E-state index is -2.62. The van der Waals surface area contributed by atoms with Crippen molar-refractivity contribution >= 4 is 6.03 Å². The predicted octanol–water partition coefficient (Wildman–Crippen LogP) is 2.66. The van der Waals surface area contributed by atoms with Gasteiger partial charge in [0, 0.05) is 39.0 Å². The van der Waals surface area contributed by atoms with Crippen molar-refractivity contribution in [1.29, 1.82) is 0 Å². The van der Waals surface area contributed by atoms with Gasteiger partial charge < -0.3 is 10.2 Å². The molecule has 1 aromatic heterocycles. The van der Waals surface area contributed by atoms with Gasteiger partial charge >= 0.3 is 12.6 Å². The number of hydrogen-bond donors (Lipinski definition) is 1. The second kappa shape index (κ2) is 7.53. The van der Waals surface area contributed by atoms with E-state index in [9.17, 15) is 13.6 Å². The molecule has 0 saturated heterocycles. The minimum Gasteiger partial charge on any atom is -0.338 e. The molecule has 1 N–H and O–H groups in total. The first kappa shape index (κ1) is 15.9. The number of carbonyl (C=O) groups is 1. The summed E-state index contributed by atoms with van der Waals surface area (Å²) in [4.78, 5) is 17.3. The lowest BCUT2D eigenvalue weighted by Gasteiger charge is -2.18. The number of halogens is 2. The summed E-state index contributed by atoms with van der Waals surface area (Å²) in [6.45, 7) is -1.88. The Balaban J connectivity index is 1.79. The van der Waals surface area contributed by atoms with Crippen molar-refractivity contribution in [2.45, 2.75) is 19.5 Å². The van der Waals surface area contributed by atoms with Crippen LogP contribution in [0, 0.1) is 0 Å². The van der Waals surface area contributed by atoms with Crippen LogP contribution in [-0.2, 0) is 13.0 Å². The normalized spacial score (nSPS) is 10.7. The molecule has 0 bridgehead atoms. The minimum absolute atomic E-state index is 0.251. The number of aromatic nitrogens is 2. The van der Waals surface area contributed by atoms with Gasteiger partial charge in [-0.05, 0) is 5.56 Å². The number of nitrogens with zero attached hydrogens (tertiary/aromatic N) is 3. The highest BCUT2D eigenvalue weighted by Crippen LogP contribution is 2.12. The van der Waals surface area contributed by atoms with Crippen LogP contribution in [0.25, 0.3) is 0 Å². The first-order valence-electron chi connectivity index (χ1n) is 6.90. The Morgan fingerprint density at radius 2 is 2.09 bits per heavy atom. The first-order valence-corrected chi connectivity index (χ1v) is 6.90. The molecule has 2 rings (SSSR count). The Kier molecular flexibility index (Phi) is 5.46. The number of benzene rings is 1. The lowest BCUT2D eigenvalue weighted by Crippen LogP contribution is -2.38. The van der Waals surface area contributed by atoms with Gasteiger partial charge in [0.1, 0.15) is 5.82 Å². The van der Waals surface area contributed by atoms with Crippen LogP contribution < -0.4 is 5.32 Å². The van der Waals surface area contributed by atoms with E-state index in [0.29, 0.717) is 6.54 Å². The maximum absolute atomic E-state index is 12.6. The van der Waals surface area contributed by atoms with Gasteiger partial charge in [0.2, 0.25) is 0 Å². The van der Waals surface area contributed by atoms with Crippen LogP contribution in [-0.4, -0.2) is 34.1 Å². The molecule has 0 aliphatic carbocycles. The number of amides is 2. The molecule has 7 heteroatoms. The third kappa shape index (κ3) is 4.28. The molecular weight excluding hydrogens is 290 g/mol. The fourth-order valence-electron chi connectivity index (χ4n) is 2.06. The number of alkyl halides is 2. The van der Waals surface area contributed by atoms with Crippen molar-refractivity contribution in [3.05, 3.63) is 54.1 Å². The molecule has 1 aromatic carbocycles. The molecule has 0 aliphatic rings. The highest BCUT2D eigenvalue weighted by molar-refractivity contribution is 5.73. The molecule has 0 radical (unpaired) electrons. The van der Waals surface area contributed by atoms with E-state index in [4.69, 9.17) is 0 Å². The second-order valence-electron chi connectivity index (χ2n) is 4.85. The SMILES string of the molecule is CN(Cc1ccccc1)C(=O)NCCc1nccn1C(F)F. The molecular formula is C15H18F2N4O. The standard InChI is InChI=1S/C15H18F2N4O/c1-20(11-12-5-3-2-4-6-12)15(22)19-8-7-13-18-9-10-21(13)14(16)17/h2-6,9-10,14H,7-8,11H2,1H3,(H,19,22). The zero-order valence-corrected chi connectivity index (χ0v) is 12.2. The van der Waals surface area contributed by atoms with Gasteiger partial charge in [-0.25, -0.2) is 9.78 Å². The van der Waals surface area contributed by atoms with Gasteiger partial charge in [-0.3, -0.25) is 4.57 Å². The Morgan fingerprint density at radius 1 is 1.36 bits per heavy atom. The number of carbonyl (C=O) groups excluding carboxylic acids is 1. The largest absolute Gasteiger partial charge is 0.338 e. The van der Waals surface area contributed by atoms with Gasteiger partial charge in [0.15, 0.2) is 0 Å². The van der Waals surface area contributed by atoms with Crippen LogP contribution in [0.3, 0.4) is 0 Å². The smallest absolute Gasteiger partial charge is 0.319 e. The quantitative estimate of drug-likeness (QED) is 0.892. The molecule has 0 fully saturated rings. The highest BCUT2D eigenvalue weighted by atomic mass is 19.3. The molecule has 22 heavy (non-hydrogen) atoms. The fraction of sp³-hybridized carbons (Fsp3) is 0.333. The average Bonchev–Trinajstić information content (AvgIpc) is 2.97. The molecule has 0 spiro atoms. The van der Waals surface area contributed by atoms with E-state index in [1.807, 2.05) is 30.3 Å². The number of urea groups is 1. The lowest BCUT2D eigenvalue weighted by molar-refractivity contribution is 0.0670. The van der Waals surface area contributed by atoms with Gasteiger partial charge in [0.05, 0.1) is 0 Å². The molecule has 2 amide bonds. The van der Waals surface area contributed by atoms with Gasteiger partial charge in [-0.15, -0.1) is 0 Å². The summed E-state index contributed by atoms with van der Waals surface area (Å²) in [6, 6.07) is 9.34. The lowest BCUT2D eigenvalue weighted by atomic mass is 10.2. The third-order valence-corrected chi connectivity index (χ3v) is 3.19. The van der Waals surface area contributed by atoms with Gasteiger partial charge in [0.25, 0.3) is 0 Å². The Hall–Kier alpha value is -2.44. The van der Waals surface area contributed by atoms with Crippen LogP contribution in [0.5, 0.6) is 0 Å². The molecule has 5 nitrogen and oxygen atoms in total. The van der Waals surface area contributed by atoms with Crippen LogP contribution in [0.1, 0.15) is 17.9 Å². The highest BCUT2D eigenvalue weighted by Gasteiger charge is 2.12. The van der Waals surface area contributed by atoms with E-state index in [1.54, 1.807) is 7.05 Å². The summed E-state index contributed by atoms with van der Waals surface area (Å²) in [7, 11) is 1.68. The van der Waals surface area contributed by atoms with E-state index in [-0.39, 0.29) is 24.8 Å². The molecule has 0 atom stereocenters. The summed E-state index contributed by atoms with van der Waals surface area (Å²) in [5.41, 5.74) is 1.02. The average molecular weight is 308 g/mol. The van der Waals surface area contributed by atoms with Crippen molar-refractivity contribution in [2.75, 3.05) is 13.6 Å². The summed E-state index contributed by atoms with van der Waals surface area (Å²) in [5.74, 6) is 0.251. The zero-order valence-electron chi connectivity index (χ0n) is 12.2. The van der Waals surface area contributed by atoms with Crippen LogP contribution >= 0.6 is 0 Å². The summed E-state index contributed by atoms with van der Waals surface area (Å²) < 4.78 is 26.1. The van der Waals surface area contributed by atoms with Crippen LogP contribution in [0.2, 0.25) is 0 Å². The Morgan fingerprint density at radius 3 is 2.77 bits per heavy atom.